The minimum Gasteiger partial charge on any atom is -0.436 e. The summed E-state index contributed by atoms with van der Waals surface area (Å²) >= 11 is 0. The lowest BCUT2D eigenvalue weighted by atomic mass is 9.38. The zero-order valence-corrected chi connectivity index (χ0v) is 20.8. The monoisotopic (exact) mass is 460 g/mol. The fourth-order valence-electron chi connectivity index (χ4n) is 9.32. The maximum atomic E-state index is 12.0. The van der Waals surface area contributed by atoms with Crippen molar-refractivity contribution in [3.05, 3.63) is 11.6 Å². The first-order valence-corrected chi connectivity index (χ1v) is 12.9. The molecule has 0 spiro atoms. The summed E-state index contributed by atoms with van der Waals surface area (Å²) in [6, 6.07) is 0. The van der Waals surface area contributed by atoms with Crippen LogP contribution in [0.1, 0.15) is 86.0 Å². The molecule has 0 aromatic rings. The van der Waals surface area contributed by atoms with E-state index in [0.29, 0.717) is 28.2 Å². The Bertz CT molecular complexity index is 863. The van der Waals surface area contributed by atoms with Crippen LogP contribution in [-0.2, 0) is 23.8 Å². The van der Waals surface area contributed by atoms with E-state index < -0.39 is 24.7 Å². The smallest absolute Gasteiger partial charge is 0.333 e. The molecule has 3 saturated carbocycles. The molecule has 0 aromatic carbocycles. The summed E-state index contributed by atoms with van der Waals surface area (Å²) < 4.78 is 16.9. The van der Waals surface area contributed by atoms with Crippen molar-refractivity contribution < 1.29 is 28.9 Å². The minimum absolute atomic E-state index is 0.108. The minimum atomic E-state index is -1.28. The molecule has 6 nitrogen and oxygen atoms in total. The van der Waals surface area contributed by atoms with Crippen molar-refractivity contribution in [2.24, 2.45) is 39.9 Å². The van der Waals surface area contributed by atoms with Crippen LogP contribution in [0.5, 0.6) is 0 Å². The van der Waals surface area contributed by atoms with Crippen LogP contribution in [0.25, 0.3) is 0 Å². The Morgan fingerprint density at radius 2 is 1.82 bits per heavy atom. The number of ether oxygens (including phenoxy) is 3. The van der Waals surface area contributed by atoms with Gasteiger partial charge >= 0.3 is 11.9 Å². The molecule has 2 heterocycles. The second kappa shape index (κ2) is 7.81. The summed E-state index contributed by atoms with van der Waals surface area (Å²) in [5.74, 6) is 0.882. The SMILES string of the molecule is CC(=O)O[C@H]1O[C@@H](C2=CC(=O)O[C@H]2O)C[C@@H]2[C@@H]1CC[C@H]1[C@@]2(C)CC[C@H]2C(C)(C)CCC[C@]12C. The number of hydrogen-bond acceptors (Lipinski definition) is 6. The highest BCUT2D eigenvalue weighted by molar-refractivity contribution is 5.85. The molecule has 5 aliphatic rings. The number of aliphatic hydroxyl groups excluding tert-OH is 1. The van der Waals surface area contributed by atoms with Gasteiger partial charge in [-0.1, -0.05) is 34.1 Å². The number of carbonyl (C=O) groups excluding carboxylic acids is 2. The van der Waals surface area contributed by atoms with Crippen molar-refractivity contribution in [1.82, 2.24) is 0 Å². The molecular weight excluding hydrogens is 420 g/mol. The molecule has 0 bridgehead atoms. The molecule has 0 amide bonds. The molecule has 1 saturated heterocycles. The summed E-state index contributed by atoms with van der Waals surface area (Å²) in [5.41, 5.74) is 1.26. The molecule has 6 heteroatoms. The average Bonchev–Trinajstić information content (AvgIpc) is 3.04. The van der Waals surface area contributed by atoms with Crippen LogP contribution < -0.4 is 0 Å². The number of esters is 2. The maximum Gasteiger partial charge on any atom is 0.333 e. The molecule has 0 radical (unpaired) electrons. The highest BCUT2D eigenvalue weighted by Gasteiger charge is 2.64. The third-order valence-corrected chi connectivity index (χ3v) is 10.6. The fraction of sp³-hybridized carbons (Fsp3) is 0.852. The van der Waals surface area contributed by atoms with Crippen LogP contribution in [0, 0.1) is 39.9 Å². The van der Waals surface area contributed by atoms with E-state index in [0.717, 1.165) is 25.2 Å². The third kappa shape index (κ3) is 3.58. The van der Waals surface area contributed by atoms with Crippen molar-refractivity contribution >= 4 is 11.9 Å². The van der Waals surface area contributed by atoms with Gasteiger partial charge in [0.2, 0.25) is 12.6 Å². The Labute approximate surface area is 197 Å². The number of cyclic esters (lactones) is 1. The average molecular weight is 461 g/mol. The van der Waals surface area contributed by atoms with Gasteiger partial charge in [-0.15, -0.1) is 0 Å². The van der Waals surface area contributed by atoms with Crippen LogP contribution in [-0.4, -0.2) is 35.7 Å². The molecule has 0 unspecified atom stereocenters. The lowest BCUT2D eigenvalue weighted by Crippen LogP contribution is -2.62. The number of hydrogen-bond donors (Lipinski definition) is 1. The van der Waals surface area contributed by atoms with E-state index in [1.807, 2.05) is 0 Å². The van der Waals surface area contributed by atoms with E-state index in [1.54, 1.807) is 0 Å². The predicted molar refractivity (Wildman–Crippen MR) is 121 cm³/mol. The van der Waals surface area contributed by atoms with E-state index in [2.05, 4.69) is 27.7 Å². The van der Waals surface area contributed by atoms with Crippen LogP contribution in [0.2, 0.25) is 0 Å². The van der Waals surface area contributed by atoms with E-state index >= 15 is 0 Å². The highest BCUT2D eigenvalue weighted by Crippen LogP contribution is 2.70. The Morgan fingerprint density at radius 1 is 1.06 bits per heavy atom. The first kappa shape index (κ1) is 23.3. The molecule has 33 heavy (non-hydrogen) atoms. The highest BCUT2D eigenvalue weighted by atomic mass is 16.7. The maximum absolute atomic E-state index is 12.0. The molecule has 184 valence electrons. The van der Waals surface area contributed by atoms with Gasteiger partial charge in [-0.2, -0.15) is 0 Å². The molecular formula is C27H40O6. The fourth-order valence-corrected chi connectivity index (χ4v) is 9.32. The molecule has 5 rings (SSSR count). The van der Waals surface area contributed by atoms with Crippen LogP contribution in [0.4, 0.5) is 0 Å². The van der Waals surface area contributed by atoms with Gasteiger partial charge in [-0.05, 0) is 78.9 Å². The zero-order chi connectivity index (χ0) is 23.8. The Kier molecular flexibility index (Phi) is 5.52. The van der Waals surface area contributed by atoms with E-state index in [1.165, 1.54) is 45.1 Å². The van der Waals surface area contributed by atoms with Gasteiger partial charge in [0, 0.05) is 24.5 Å². The van der Waals surface area contributed by atoms with Gasteiger partial charge in [-0.25, -0.2) is 4.79 Å². The largest absolute Gasteiger partial charge is 0.436 e. The van der Waals surface area contributed by atoms with Crippen LogP contribution in [0.15, 0.2) is 11.6 Å². The molecule has 3 aliphatic carbocycles. The second-order valence-electron chi connectivity index (χ2n) is 12.6. The molecule has 0 aromatic heterocycles. The Hall–Kier alpha value is -1.40. The zero-order valence-electron chi connectivity index (χ0n) is 20.8. The molecule has 1 N–H and O–H groups in total. The lowest BCUT2D eigenvalue weighted by molar-refractivity contribution is -0.270. The topological polar surface area (TPSA) is 82.1 Å². The van der Waals surface area contributed by atoms with E-state index in [9.17, 15) is 14.7 Å². The van der Waals surface area contributed by atoms with Gasteiger partial charge in [0.15, 0.2) is 0 Å². The standard InChI is InChI=1S/C27H40O6/c1-15(28)31-24-16-7-8-21-26(4,12-9-20-25(2,3)10-6-11-27(20,21)5)18(16)14-19(32-24)17-13-22(29)33-23(17)30/h13,16,18-21,23-24,30H,6-12,14H2,1-5H3/t16-,18+,19+,20-,21-,23+,24-,26-,27-/m0/s1. The van der Waals surface area contributed by atoms with E-state index in [4.69, 9.17) is 14.2 Å². The van der Waals surface area contributed by atoms with Gasteiger partial charge in [0.05, 0.1) is 6.10 Å². The first-order chi connectivity index (χ1) is 15.5. The predicted octanol–water partition coefficient (Wildman–Crippen LogP) is 4.74. The van der Waals surface area contributed by atoms with Crippen molar-refractivity contribution in [3.8, 4) is 0 Å². The Morgan fingerprint density at radius 3 is 2.48 bits per heavy atom. The summed E-state index contributed by atoms with van der Waals surface area (Å²) in [7, 11) is 0. The molecule has 9 atom stereocenters. The van der Waals surface area contributed by atoms with Gasteiger partial charge in [0.25, 0.3) is 0 Å². The van der Waals surface area contributed by atoms with Crippen LogP contribution >= 0.6 is 0 Å². The van der Waals surface area contributed by atoms with Gasteiger partial charge in [-0.3, -0.25) is 4.79 Å². The quantitative estimate of drug-likeness (QED) is 0.600. The molecule has 4 fully saturated rings. The lowest BCUT2D eigenvalue weighted by Gasteiger charge is -2.67. The number of aliphatic hydroxyl groups is 1. The van der Waals surface area contributed by atoms with Gasteiger partial charge in [0.1, 0.15) is 0 Å². The summed E-state index contributed by atoms with van der Waals surface area (Å²) in [5, 5.41) is 10.3. The molecule has 2 aliphatic heterocycles. The van der Waals surface area contributed by atoms with Crippen molar-refractivity contribution in [3.63, 3.8) is 0 Å². The third-order valence-electron chi connectivity index (χ3n) is 10.6. The number of fused-ring (bicyclic) bond motifs is 5. The van der Waals surface area contributed by atoms with Crippen LogP contribution in [0.3, 0.4) is 0 Å². The van der Waals surface area contributed by atoms with E-state index in [-0.39, 0.29) is 17.3 Å². The number of carbonyl (C=O) groups is 2. The summed E-state index contributed by atoms with van der Waals surface area (Å²) in [6.45, 7) is 11.4. The summed E-state index contributed by atoms with van der Waals surface area (Å²) in [6.07, 6.45) is 8.07. The number of rotatable bonds is 2. The normalized spacial score (nSPS) is 48.6. The Balaban J connectivity index is 1.50. The van der Waals surface area contributed by atoms with Crippen molar-refractivity contribution in [1.29, 1.82) is 0 Å². The summed E-state index contributed by atoms with van der Waals surface area (Å²) in [4.78, 5) is 23.8. The van der Waals surface area contributed by atoms with Gasteiger partial charge < -0.3 is 19.3 Å². The first-order valence-electron chi connectivity index (χ1n) is 12.9. The van der Waals surface area contributed by atoms with Crippen molar-refractivity contribution in [2.45, 2.75) is 105 Å². The van der Waals surface area contributed by atoms with Crippen molar-refractivity contribution in [2.75, 3.05) is 0 Å². The second-order valence-corrected chi connectivity index (χ2v) is 12.6.